The highest BCUT2D eigenvalue weighted by molar-refractivity contribution is 6.07. The van der Waals surface area contributed by atoms with Gasteiger partial charge in [-0.2, -0.15) is 0 Å². The molecule has 82 valence electrons. The van der Waals surface area contributed by atoms with E-state index in [1.165, 1.54) is 6.07 Å². The number of nitrogens with zero attached hydrogens (tertiary/aromatic N) is 1. The van der Waals surface area contributed by atoms with Gasteiger partial charge in [0.2, 0.25) is 5.91 Å². The molecule has 0 saturated heterocycles. The number of halogens is 1. The first-order chi connectivity index (χ1) is 7.72. The minimum atomic E-state index is -0.789. The zero-order valence-electron chi connectivity index (χ0n) is 8.46. The molecule has 2 aliphatic rings. The van der Waals surface area contributed by atoms with E-state index in [0.29, 0.717) is 17.9 Å². The number of nitrogens with one attached hydrogen (secondary N) is 2. The van der Waals surface area contributed by atoms with Crippen LogP contribution in [0, 0.1) is 5.82 Å². The molecule has 0 aromatic carbocycles. The fraction of sp³-hybridized carbons (Fsp3) is 0.273. The lowest BCUT2D eigenvalue weighted by Crippen LogP contribution is -2.45. The highest BCUT2D eigenvalue weighted by Gasteiger charge is 2.46. The summed E-state index contributed by atoms with van der Waals surface area (Å²) in [5.74, 6) is -0.114. The van der Waals surface area contributed by atoms with Gasteiger partial charge in [-0.25, -0.2) is 9.37 Å². The minimum Gasteiger partial charge on any atom is -0.312 e. The lowest BCUT2D eigenvalue weighted by molar-refractivity contribution is -0.119. The maximum absolute atomic E-state index is 13.2. The molecule has 3 heterocycles. The Morgan fingerprint density at radius 3 is 3.12 bits per heavy atom. The van der Waals surface area contributed by atoms with Gasteiger partial charge in [0.25, 0.3) is 0 Å². The number of hydrogen-bond acceptors (Lipinski definition) is 3. The number of hydrogen-bond donors (Lipinski definition) is 2. The molecule has 2 N–H and O–H groups in total. The Labute approximate surface area is 91.6 Å². The number of aromatic nitrogens is 1. The molecule has 1 unspecified atom stereocenters. The van der Waals surface area contributed by atoms with Gasteiger partial charge in [-0.1, -0.05) is 12.2 Å². The van der Waals surface area contributed by atoms with Crippen molar-refractivity contribution in [3.8, 4) is 0 Å². The predicted octanol–water partition coefficient (Wildman–Crippen LogP) is 0.570. The third-order valence-electron chi connectivity index (χ3n) is 3.04. The molecule has 4 nitrogen and oxygen atoms in total. The first kappa shape index (κ1) is 9.47. The molecule has 0 saturated carbocycles. The summed E-state index contributed by atoms with van der Waals surface area (Å²) < 4.78 is 13.2. The highest BCUT2D eigenvalue weighted by atomic mass is 19.1. The SMILES string of the molecule is O=C1Nc2ncc(F)cc2C12C=CCNC2. The Hall–Kier alpha value is -1.75. The molecule has 1 aromatic rings. The Kier molecular flexibility index (Phi) is 1.85. The van der Waals surface area contributed by atoms with Gasteiger partial charge in [-0.3, -0.25) is 4.79 Å². The van der Waals surface area contributed by atoms with Gasteiger partial charge in [0.05, 0.1) is 6.20 Å². The number of anilines is 1. The van der Waals surface area contributed by atoms with Crippen LogP contribution in [0.1, 0.15) is 5.56 Å². The number of amides is 1. The summed E-state index contributed by atoms with van der Waals surface area (Å²) in [6.07, 6.45) is 4.81. The molecule has 0 bridgehead atoms. The second-order valence-electron chi connectivity index (χ2n) is 4.01. The van der Waals surface area contributed by atoms with Gasteiger partial charge < -0.3 is 10.6 Å². The molecule has 0 fully saturated rings. The quantitative estimate of drug-likeness (QED) is 0.627. The number of carbonyl (C=O) groups excluding carboxylic acids is 1. The van der Waals surface area contributed by atoms with Gasteiger partial charge in [0.15, 0.2) is 0 Å². The molecule has 3 rings (SSSR count). The topological polar surface area (TPSA) is 54.0 Å². The van der Waals surface area contributed by atoms with Gasteiger partial charge in [0.1, 0.15) is 17.1 Å². The van der Waals surface area contributed by atoms with E-state index in [-0.39, 0.29) is 5.91 Å². The van der Waals surface area contributed by atoms with E-state index in [4.69, 9.17) is 0 Å². The van der Waals surface area contributed by atoms with Crippen molar-refractivity contribution in [3.63, 3.8) is 0 Å². The maximum atomic E-state index is 13.2. The van der Waals surface area contributed by atoms with Crippen LogP contribution in [0.2, 0.25) is 0 Å². The predicted molar refractivity (Wildman–Crippen MR) is 56.5 cm³/mol. The standard InChI is InChI=1S/C11H10FN3O/c12-7-4-8-9(14-5-7)15-10(16)11(8)2-1-3-13-6-11/h1-2,4-5,13H,3,6H2,(H,14,15,16). The van der Waals surface area contributed by atoms with Crippen molar-refractivity contribution >= 4 is 11.7 Å². The largest absolute Gasteiger partial charge is 0.312 e. The van der Waals surface area contributed by atoms with Crippen LogP contribution in [0.4, 0.5) is 10.2 Å². The smallest absolute Gasteiger partial charge is 0.241 e. The second-order valence-corrected chi connectivity index (χ2v) is 4.01. The van der Waals surface area contributed by atoms with Gasteiger partial charge >= 0.3 is 0 Å². The Morgan fingerprint density at radius 1 is 1.50 bits per heavy atom. The zero-order valence-corrected chi connectivity index (χ0v) is 8.46. The summed E-state index contributed by atoms with van der Waals surface area (Å²) in [4.78, 5) is 15.8. The van der Waals surface area contributed by atoms with Crippen molar-refractivity contribution in [1.82, 2.24) is 10.3 Å². The van der Waals surface area contributed by atoms with Crippen LogP contribution < -0.4 is 10.6 Å². The van der Waals surface area contributed by atoms with Crippen LogP contribution in [0.25, 0.3) is 0 Å². The third kappa shape index (κ3) is 1.12. The van der Waals surface area contributed by atoms with E-state index in [0.717, 1.165) is 12.7 Å². The Balaban J connectivity index is 2.21. The fourth-order valence-corrected chi connectivity index (χ4v) is 2.23. The second kappa shape index (κ2) is 3.12. The Morgan fingerprint density at radius 2 is 2.38 bits per heavy atom. The molecule has 1 atom stereocenters. The van der Waals surface area contributed by atoms with E-state index < -0.39 is 11.2 Å². The fourth-order valence-electron chi connectivity index (χ4n) is 2.23. The summed E-state index contributed by atoms with van der Waals surface area (Å²) in [7, 11) is 0. The van der Waals surface area contributed by atoms with Crippen molar-refractivity contribution < 1.29 is 9.18 Å². The van der Waals surface area contributed by atoms with Crippen molar-refractivity contribution in [3.05, 3.63) is 35.8 Å². The normalized spacial score (nSPS) is 26.9. The summed E-state index contributed by atoms with van der Waals surface area (Å²) in [6.45, 7) is 1.21. The third-order valence-corrected chi connectivity index (χ3v) is 3.04. The molecular weight excluding hydrogens is 209 g/mol. The lowest BCUT2D eigenvalue weighted by Gasteiger charge is -2.26. The van der Waals surface area contributed by atoms with Crippen LogP contribution in [0.5, 0.6) is 0 Å². The number of carbonyl (C=O) groups is 1. The maximum Gasteiger partial charge on any atom is 0.241 e. The molecule has 1 amide bonds. The van der Waals surface area contributed by atoms with Crippen LogP contribution in [0.15, 0.2) is 24.4 Å². The first-order valence-electron chi connectivity index (χ1n) is 5.08. The number of rotatable bonds is 0. The van der Waals surface area contributed by atoms with Crippen LogP contribution in [-0.2, 0) is 10.2 Å². The molecular formula is C11H10FN3O. The van der Waals surface area contributed by atoms with E-state index in [1.54, 1.807) is 0 Å². The molecule has 0 radical (unpaired) electrons. The summed E-state index contributed by atoms with van der Waals surface area (Å²) in [5.41, 5.74) is -0.177. The van der Waals surface area contributed by atoms with Crippen LogP contribution in [-0.4, -0.2) is 24.0 Å². The van der Waals surface area contributed by atoms with Gasteiger partial charge in [-0.15, -0.1) is 0 Å². The monoisotopic (exact) mass is 219 g/mol. The van der Waals surface area contributed by atoms with E-state index in [2.05, 4.69) is 15.6 Å². The van der Waals surface area contributed by atoms with E-state index in [1.807, 2.05) is 12.2 Å². The summed E-state index contributed by atoms with van der Waals surface area (Å²) in [6, 6.07) is 1.37. The average molecular weight is 219 g/mol. The molecule has 1 aromatic heterocycles. The number of fused-ring (bicyclic) bond motifs is 2. The van der Waals surface area contributed by atoms with Crippen molar-refractivity contribution in [2.45, 2.75) is 5.41 Å². The van der Waals surface area contributed by atoms with Gasteiger partial charge in [0, 0.05) is 18.7 Å². The summed E-state index contributed by atoms with van der Waals surface area (Å²) >= 11 is 0. The van der Waals surface area contributed by atoms with E-state index in [9.17, 15) is 9.18 Å². The highest BCUT2D eigenvalue weighted by Crippen LogP contribution is 2.38. The lowest BCUT2D eigenvalue weighted by atomic mass is 9.80. The van der Waals surface area contributed by atoms with E-state index >= 15 is 0 Å². The van der Waals surface area contributed by atoms with Gasteiger partial charge in [-0.05, 0) is 6.07 Å². The molecule has 2 aliphatic heterocycles. The van der Waals surface area contributed by atoms with Crippen LogP contribution in [0.3, 0.4) is 0 Å². The molecule has 16 heavy (non-hydrogen) atoms. The zero-order chi connectivity index (χ0) is 11.2. The molecule has 1 spiro atoms. The summed E-state index contributed by atoms with van der Waals surface area (Å²) in [5, 5.41) is 5.79. The number of pyridine rings is 1. The molecule has 5 heteroatoms. The van der Waals surface area contributed by atoms with Crippen LogP contribution >= 0.6 is 0 Å². The Bertz CT molecular complexity index is 500. The van der Waals surface area contributed by atoms with Crippen molar-refractivity contribution in [2.24, 2.45) is 0 Å². The molecule has 0 aliphatic carbocycles. The van der Waals surface area contributed by atoms with Crippen molar-refractivity contribution in [2.75, 3.05) is 18.4 Å². The minimum absolute atomic E-state index is 0.149. The average Bonchev–Trinajstić information content (AvgIpc) is 2.55. The van der Waals surface area contributed by atoms with Crippen molar-refractivity contribution in [1.29, 1.82) is 0 Å². The first-order valence-corrected chi connectivity index (χ1v) is 5.08.